The van der Waals surface area contributed by atoms with Gasteiger partial charge in [0.25, 0.3) is 0 Å². The number of aromatic hydroxyl groups is 1. The predicted molar refractivity (Wildman–Crippen MR) is 61.1 cm³/mol. The number of phenolic OH excluding ortho intramolecular Hbond substituents is 1. The van der Waals surface area contributed by atoms with Crippen LogP contribution < -0.4 is 0 Å². The average molecular weight is 222 g/mol. The van der Waals surface area contributed by atoms with Crippen LogP contribution in [0.1, 0.15) is 36.5 Å². The molecule has 0 saturated carbocycles. The third-order valence-electron chi connectivity index (χ3n) is 2.36. The van der Waals surface area contributed by atoms with E-state index in [1.807, 2.05) is 6.92 Å². The number of benzene rings is 1. The van der Waals surface area contributed by atoms with E-state index in [0.717, 1.165) is 18.9 Å². The van der Waals surface area contributed by atoms with Crippen LogP contribution in [0.15, 0.2) is 30.4 Å². The van der Waals surface area contributed by atoms with Crippen LogP contribution in [0.2, 0.25) is 0 Å². The Labute approximate surface area is 94.4 Å². The molecule has 86 valence electrons. The van der Waals surface area contributed by atoms with Gasteiger partial charge in [0, 0.05) is 5.56 Å². The molecule has 0 unspecified atom stereocenters. The highest BCUT2D eigenvalue weighted by Gasteiger charge is 2.12. The van der Waals surface area contributed by atoms with Crippen molar-refractivity contribution in [1.29, 1.82) is 0 Å². The molecule has 0 bridgehead atoms. The topological polar surface area (TPSA) is 37.3 Å². The summed E-state index contributed by atoms with van der Waals surface area (Å²) in [5.41, 5.74) is 0.711. The predicted octanol–water partition coefficient (Wildman–Crippen LogP) is 3.46. The molecule has 0 spiro atoms. The SMILES string of the molecule is C=C(CCCC)C(=O)c1ccc(O)c(F)c1. The molecule has 0 fully saturated rings. The molecule has 3 heteroatoms. The van der Waals surface area contributed by atoms with Crippen molar-refractivity contribution in [2.45, 2.75) is 26.2 Å². The second-order valence-electron chi connectivity index (χ2n) is 3.70. The third-order valence-corrected chi connectivity index (χ3v) is 2.36. The van der Waals surface area contributed by atoms with Gasteiger partial charge in [-0.05, 0) is 36.6 Å². The Morgan fingerprint density at radius 2 is 2.19 bits per heavy atom. The highest BCUT2D eigenvalue weighted by Crippen LogP contribution is 2.19. The summed E-state index contributed by atoms with van der Waals surface area (Å²) in [5, 5.41) is 9.00. The van der Waals surface area contributed by atoms with Crippen molar-refractivity contribution in [3.05, 3.63) is 41.7 Å². The highest BCUT2D eigenvalue weighted by atomic mass is 19.1. The van der Waals surface area contributed by atoms with E-state index in [1.54, 1.807) is 0 Å². The summed E-state index contributed by atoms with van der Waals surface area (Å²) in [5.74, 6) is -1.49. The molecular formula is C13H15FO2. The van der Waals surface area contributed by atoms with Gasteiger partial charge in [-0.3, -0.25) is 4.79 Å². The van der Waals surface area contributed by atoms with Crippen molar-refractivity contribution >= 4 is 5.78 Å². The maximum absolute atomic E-state index is 13.0. The van der Waals surface area contributed by atoms with E-state index < -0.39 is 11.6 Å². The van der Waals surface area contributed by atoms with Gasteiger partial charge in [-0.15, -0.1) is 0 Å². The number of carbonyl (C=O) groups excluding carboxylic acids is 1. The zero-order valence-corrected chi connectivity index (χ0v) is 9.29. The Morgan fingerprint density at radius 1 is 1.50 bits per heavy atom. The van der Waals surface area contributed by atoms with E-state index in [-0.39, 0.29) is 11.3 Å². The fourth-order valence-corrected chi connectivity index (χ4v) is 1.36. The van der Waals surface area contributed by atoms with E-state index >= 15 is 0 Å². The van der Waals surface area contributed by atoms with Gasteiger partial charge in [0.05, 0.1) is 0 Å². The molecule has 0 heterocycles. The van der Waals surface area contributed by atoms with Crippen LogP contribution in [0.4, 0.5) is 4.39 Å². The number of hydrogen-bond donors (Lipinski definition) is 1. The van der Waals surface area contributed by atoms with Crippen LogP contribution in [0.5, 0.6) is 5.75 Å². The van der Waals surface area contributed by atoms with Gasteiger partial charge in [-0.25, -0.2) is 4.39 Å². The standard InChI is InChI=1S/C13H15FO2/c1-3-4-5-9(2)13(16)10-6-7-12(15)11(14)8-10/h6-8,15H,2-5H2,1H3. The second kappa shape index (κ2) is 5.45. The lowest BCUT2D eigenvalue weighted by Gasteiger charge is -2.04. The summed E-state index contributed by atoms with van der Waals surface area (Å²) in [4.78, 5) is 11.8. The highest BCUT2D eigenvalue weighted by molar-refractivity contribution is 6.08. The maximum Gasteiger partial charge on any atom is 0.188 e. The van der Waals surface area contributed by atoms with E-state index in [9.17, 15) is 9.18 Å². The van der Waals surface area contributed by atoms with Crippen molar-refractivity contribution in [3.8, 4) is 5.75 Å². The number of allylic oxidation sites excluding steroid dienone is 1. The minimum atomic E-state index is -0.783. The molecule has 0 aromatic heterocycles. The van der Waals surface area contributed by atoms with Crippen LogP contribution in [-0.2, 0) is 0 Å². The molecule has 1 N–H and O–H groups in total. The van der Waals surface area contributed by atoms with Crippen LogP contribution in [0.3, 0.4) is 0 Å². The molecule has 0 aliphatic heterocycles. The summed E-state index contributed by atoms with van der Waals surface area (Å²) in [6.07, 6.45) is 2.50. The number of phenols is 1. The van der Waals surface area contributed by atoms with Gasteiger partial charge in [0.1, 0.15) is 0 Å². The van der Waals surface area contributed by atoms with Gasteiger partial charge in [0.2, 0.25) is 0 Å². The summed E-state index contributed by atoms with van der Waals surface area (Å²) in [6.45, 7) is 5.71. The van der Waals surface area contributed by atoms with Gasteiger partial charge in [-0.1, -0.05) is 19.9 Å². The lowest BCUT2D eigenvalue weighted by Crippen LogP contribution is -2.03. The first-order chi connectivity index (χ1) is 7.56. The van der Waals surface area contributed by atoms with Crippen LogP contribution >= 0.6 is 0 Å². The number of carbonyl (C=O) groups is 1. The Bertz CT molecular complexity index is 410. The lowest BCUT2D eigenvalue weighted by molar-refractivity contribution is 0.103. The normalized spacial score (nSPS) is 10.1. The summed E-state index contributed by atoms with van der Waals surface area (Å²) in [7, 11) is 0. The Kier molecular flexibility index (Phi) is 4.23. The number of Topliss-reactive ketones (excluding diaryl/α,β-unsaturated/α-hetero) is 1. The van der Waals surface area contributed by atoms with Crippen molar-refractivity contribution in [2.24, 2.45) is 0 Å². The molecule has 0 amide bonds. The number of hydrogen-bond acceptors (Lipinski definition) is 2. The molecule has 0 saturated heterocycles. The minimum absolute atomic E-state index is 0.233. The van der Waals surface area contributed by atoms with Crippen molar-refractivity contribution in [3.63, 3.8) is 0 Å². The monoisotopic (exact) mass is 222 g/mol. The molecule has 0 atom stereocenters. The summed E-state index contributed by atoms with van der Waals surface area (Å²) >= 11 is 0. The van der Waals surface area contributed by atoms with Gasteiger partial charge >= 0.3 is 0 Å². The smallest absolute Gasteiger partial charge is 0.188 e. The van der Waals surface area contributed by atoms with Gasteiger partial charge in [-0.2, -0.15) is 0 Å². The van der Waals surface area contributed by atoms with Gasteiger partial charge in [0.15, 0.2) is 17.3 Å². The zero-order chi connectivity index (χ0) is 12.1. The fourth-order valence-electron chi connectivity index (χ4n) is 1.36. The largest absolute Gasteiger partial charge is 0.505 e. The molecule has 0 radical (unpaired) electrons. The zero-order valence-electron chi connectivity index (χ0n) is 9.29. The van der Waals surface area contributed by atoms with E-state index in [1.165, 1.54) is 12.1 Å². The van der Waals surface area contributed by atoms with Crippen molar-refractivity contribution in [2.75, 3.05) is 0 Å². The number of ketones is 1. The quantitative estimate of drug-likeness (QED) is 0.612. The first-order valence-electron chi connectivity index (χ1n) is 5.27. The molecule has 1 rings (SSSR count). The third kappa shape index (κ3) is 2.92. The molecule has 0 aliphatic carbocycles. The molecule has 0 aliphatic rings. The summed E-state index contributed by atoms with van der Waals surface area (Å²) in [6, 6.07) is 3.61. The van der Waals surface area contributed by atoms with E-state index in [0.29, 0.717) is 12.0 Å². The summed E-state index contributed by atoms with van der Waals surface area (Å²) < 4.78 is 13.0. The first-order valence-corrected chi connectivity index (χ1v) is 5.27. The number of halogens is 1. The first kappa shape index (κ1) is 12.4. The molecule has 1 aromatic rings. The molecular weight excluding hydrogens is 207 g/mol. The van der Waals surface area contributed by atoms with E-state index in [4.69, 9.17) is 5.11 Å². The van der Waals surface area contributed by atoms with Crippen molar-refractivity contribution in [1.82, 2.24) is 0 Å². The van der Waals surface area contributed by atoms with E-state index in [2.05, 4.69) is 6.58 Å². The average Bonchev–Trinajstić information content (AvgIpc) is 2.28. The Hall–Kier alpha value is -1.64. The molecule has 1 aromatic carbocycles. The molecule has 2 nitrogen and oxygen atoms in total. The minimum Gasteiger partial charge on any atom is -0.505 e. The maximum atomic E-state index is 13.0. The van der Waals surface area contributed by atoms with Crippen LogP contribution in [0.25, 0.3) is 0 Å². The number of unbranched alkanes of at least 4 members (excludes halogenated alkanes) is 1. The Balaban J connectivity index is 2.80. The Morgan fingerprint density at radius 3 is 2.75 bits per heavy atom. The molecule has 16 heavy (non-hydrogen) atoms. The van der Waals surface area contributed by atoms with Crippen LogP contribution in [-0.4, -0.2) is 10.9 Å². The van der Waals surface area contributed by atoms with Crippen LogP contribution in [0, 0.1) is 5.82 Å². The van der Waals surface area contributed by atoms with Gasteiger partial charge < -0.3 is 5.11 Å². The lowest BCUT2D eigenvalue weighted by atomic mass is 10.0. The fraction of sp³-hybridized carbons (Fsp3) is 0.308. The second-order valence-corrected chi connectivity index (χ2v) is 3.70. The van der Waals surface area contributed by atoms with Crippen molar-refractivity contribution < 1.29 is 14.3 Å². The number of rotatable bonds is 5.